The Hall–Kier alpha value is -0.980. The maximum atomic E-state index is 11.8. The topological polar surface area (TPSA) is 77.2 Å². The molecule has 1 fully saturated rings. The fourth-order valence-electron chi connectivity index (χ4n) is 2.38. The molecule has 1 amide bonds. The highest BCUT2D eigenvalue weighted by Gasteiger charge is 2.18. The van der Waals surface area contributed by atoms with Crippen molar-refractivity contribution in [1.82, 2.24) is 10.3 Å². The summed E-state index contributed by atoms with van der Waals surface area (Å²) in [5, 5.41) is 2.90. The highest BCUT2D eigenvalue weighted by molar-refractivity contribution is 7.11. The molecule has 1 aromatic rings. The van der Waals surface area contributed by atoms with Gasteiger partial charge in [-0.2, -0.15) is 0 Å². The number of ether oxygens (including phenoxy) is 1. The van der Waals surface area contributed by atoms with E-state index < -0.39 is 0 Å². The summed E-state index contributed by atoms with van der Waals surface area (Å²) in [6, 6.07) is 0.358. The molecule has 112 valence electrons. The normalized spacial score (nSPS) is 22.7. The Morgan fingerprint density at radius 2 is 2.25 bits per heavy atom. The highest BCUT2D eigenvalue weighted by Crippen LogP contribution is 2.19. The number of nitrogens with zero attached hydrogens (tertiary/aromatic N) is 1. The van der Waals surface area contributed by atoms with Gasteiger partial charge in [-0.3, -0.25) is 4.79 Å². The lowest BCUT2D eigenvalue weighted by molar-refractivity contribution is 0.0241. The SMILES string of the molecule is Cc1ncsc1C(=O)NCCCOC1CCC(N)CC1. The Morgan fingerprint density at radius 1 is 1.50 bits per heavy atom. The molecule has 1 aromatic heterocycles. The number of hydrogen-bond acceptors (Lipinski definition) is 5. The van der Waals surface area contributed by atoms with Gasteiger partial charge in [0.1, 0.15) is 4.88 Å². The average Bonchev–Trinajstić information content (AvgIpc) is 2.86. The molecular formula is C14H23N3O2S. The predicted molar refractivity (Wildman–Crippen MR) is 80.0 cm³/mol. The molecule has 5 nitrogen and oxygen atoms in total. The van der Waals surface area contributed by atoms with Gasteiger partial charge in [-0.05, 0) is 39.0 Å². The summed E-state index contributed by atoms with van der Waals surface area (Å²) in [6.45, 7) is 3.19. The average molecular weight is 297 g/mol. The monoisotopic (exact) mass is 297 g/mol. The van der Waals surface area contributed by atoms with Crippen LogP contribution >= 0.6 is 11.3 Å². The van der Waals surface area contributed by atoms with Crippen LogP contribution in [0.25, 0.3) is 0 Å². The molecule has 0 aliphatic heterocycles. The van der Waals surface area contributed by atoms with Crippen molar-refractivity contribution in [2.45, 2.75) is 51.2 Å². The fraction of sp³-hybridized carbons (Fsp3) is 0.714. The van der Waals surface area contributed by atoms with Crippen molar-refractivity contribution in [3.05, 3.63) is 16.1 Å². The molecule has 0 atom stereocenters. The second kappa shape index (κ2) is 7.71. The van der Waals surface area contributed by atoms with E-state index in [-0.39, 0.29) is 5.91 Å². The van der Waals surface area contributed by atoms with Crippen LogP contribution in [0.5, 0.6) is 0 Å². The van der Waals surface area contributed by atoms with E-state index in [4.69, 9.17) is 10.5 Å². The number of amides is 1. The summed E-state index contributed by atoms with van der Waals surface area (Å²) in [6.07, 6.45) is 5.44. The smallest absolute Gasteiger partial charge is 0.263 e. The van der Waals surface area contributed by atoms with Gasteiger partial charge in [0.2, 0.25) is 0 Å². The standard InChI is InChI=1S/C14H23N3O2S/c1-10-13(20-9-17-10)14(18)16-7-2-8-19-12-5-3-11(15)4-6-12/h9,11-12H,2-8,15H2,1H3,(H,16,18). The van der Waals surface area contributed by atoms with Crippen LogP contribution in [-0.4, -0.2) is 36.2 Å². The first-order valence-corrected chi connectivity index (χ1v) is 8.10. The molecule has 0 spiro atoms. The van der Waals surface area contributed by atoms with Gasteiger partial charge < -0.3 is 15.8 Å². The van der Waals surface area contributed by atoms with Gasteiger partial charge >= 0.3 is 0 Å². The number of hydrogen-bond donors (Lipinski definition) is 2. The summed E-state index contributed by atoms with van der Waals surface area (Å²) >= 11 is 1.38. The highest BCUT2D eigenvalue weighted by atomic mass is 32.1. The van der Waals surface area contributed by atoms with Crippen LogP contribution in [0.15, 0.2) is 5.51 Å². The van der Waals surface area contributed by atoms with Gasteiger partial charge in [-0.1, -0.05) is 0 Å². The van der Waals surface area contributed by atoms with E-state index in [0.717, 1.165) is 37.8 Å². The van der Waals surface area contributed by atoms with Crippen molar-refractivity contribution >= 4 is 17.2 Å². The zero-order chi connectivity index (χ0) is 14.4. The van der Waals surface area contributed by atoms with Crippen LogP contribution < -0.4 is 11.1 Å². The number of aromatic nitrogens is 1. The van der Waals surface area contributed by atoms with Crippen molar-refractivity contribution in [3.8, 4) is 0 Å². The van der Waals surface area contributed by atoms with E-state index >= 15 is 0 Å². The molecule has 1 saturated carbocycles. The van der Waals surface area contributed by atoms with E-state index in [0.29, 0.717) is 30.2 Å². The molecule has 1 heterocycles. The summed E-state index contributed by atoms with van der Waals surface area (Å²) in [5.74, 6) is -0.0337. The van der Waals surface area contributed by atoms with Crippen LogP contribution in [0.1, 0.15) is 47.5 Å². The minimum Gasteiger partial charge on any atom is -0.378 e. The Bertz CT molecular complexity index is 428. The van der Waals surface area contributed by atoms with Crippen LogP contribution in [0, 0.1) is 6.92 Å². The van der Waals surface area contributed by atoms with Crippen molar-refractivity contribution in [2.24, 2.45) is 5.73 Å². The first-order valence-electron chi connectivity index (χ1n) is 7.22. The Morgan fingerprint density at radius 3 is 2.90 bits per heavy atom. The number of aryl methyl sites for hydroxylation is 1. The van der Waals surface area contributed by atoms with E-state index in [2.05, 4.69) is 10.3 Å². The van der Waals surface area contributed by atoms with Crippen LogP contribution in [0.3, 0.4) is 0 Å². The lowest BCUT2D eigenvalue weighted by Gasteiger charge is -2.26. The molecule has 6 heteroatoms. The number of rotatable bonds is 6. The zero-order valence-electron chi connectivity index (χ0n) is 11.9. The minimum atomic E-state index is -0.0337. The number of carbonyl (C=O) groups excluding carboxylic acids is 1. The zero-order valence-corrected chi connectivity index (χ0v) is 12.7. The first-order chi connectivity index (χ1) is 9.66. The number of nitrogens with one attached hydrogen (secondary N) is 1. The Balaban J connectivity index is 1.56. The molecule has 0 bridgehead atoms. The van der Waals surface area contributed by atoms with Crippen molar-refractivity contribution in [2.75, 3.05) is 13.2 Å². The summed E-state index contributed by atoms with van der Waals surface area (Å²) in [4.78, 5) is 16.6. The Labute approximate surface area is 123 Å². The van der Waals surface area contributed by atoms with Gasteiger partial charge in [0.25, 0.3) is 5.91 Å². The van der Waals surface area contributed by atoms with Gasteiger partial charge in [-0.25, -0.2) is 4.98 Å². The minimum absolute atomic E-state index is 0.0337. The molecule has 0 aromatic carbocycles. The van der Waals surface area contributed by atoms with Gasteiger partial charge in [-0.15, -0.1) is 11.3 Å². The molecule has 1 aliphatic carbocycles. The molecule has 0 saturated heterocycles. The Kier molecular flexibility index (Phi) is 5.94. The van der Waals surface area contributed by atoms with E-state index in [1.807, 2.05) is 6.92 Å². The quantitative estimate of drug-likeness (QED) is 0.786. The molecule has 3 N–H and O–H groups in total. The fourth-order valence-corrected chi connectivity index (χ4v) is 3.10. The molecule has 1 aliphatic rings. The van der Waals surface area contributed by atoms with Crippen molar-refractivity contribution < 1.29 is 9.53 Å². The number of nitrogens with two attached hydrogens (primary N) is 1. The van der Waals surface area contributed by atoms with Crippen LogP contribution in [-0.2, 0) is 4.74 Å². The third-order valence-electron chi connectivity index (χ3n) is 3.63. The molecular weight excluding hydrogens is 274 g/mol. The number of carbonyl (C=O) groups is 1. The third kappa shape index (κ3) is 4.54. The van der Waals surface area contributed by atoms with E-state index in [1.54, 1.807) is 5.51 Å². The maximum Gasteiger partial charge on any atom is 0.263 e. The molecule has 20 heavy (non-hydrogen) atoms. The lowest BCUT2D eigenvalue weighted by Crippen LogP contribution is -2.31. The second-order valence-electron chi connectivity index (χ2n) is 5.28. The van der Waals surface area contributed by atoms with Crippen molar-refractivity contribution in [3.63, 3.8) is 0 Å². The maximum absolute atomic E-state index is 11.8. The molecule has 2 rings (SSSR count). The first kappa shape index (κ1) is 15.4. The number of thiazole rings is 1. The molecule has 0 unspecified atom stereocenters. The van der Waals surface area contributed by atoms with E-state index in [9.17, 15) is 4.79 Å². The molecule has 0 radical (unpaired) electrons. The largest absolute Gasteiger partial charge is 0.378 e. The van der Waals surface area contributed by atoms with E-state index in [1.165, 1.54) is 11.3 Å². The third-order valence-corrected chi connectivity index (χ3v) is 4.56. The second-order valence-corrected chi connectivity index (χ2v) is 6.14. The predicted octanol–water partition coefficient (Wildman–Crippen LogP) is 1.86. The van der Waals surface area contributed by atoms with Gasteiger partial charge in [0.15, 0.2) is 0 Å². The summed E-state index contributed by atoms with van der Waals surface area (Å²) < 4.78 is 5.81. The van der Waals surface area contributed by atoms with Crippen LogP contribution in [0.4, 0.5) is 0 Å². The van der Waals surface area contributed by atoms with Gasteiger partial charge in [0.05, 0.1) is 17.3 Å². The summed E-state index contributed by atoms with van der Waals surface area (Å²) in [5.41, 5.74) is 8.35. The van der Waals surface area contributed by atoms with Crippen molar-refractivity contribution in [1.29, 1.82) is 0 Å². The van der Waals surface area contributed by atoms with Gasteiger partial charge in [0, 0.05) is 19.2 Å². The lowest BCUT2D eigenvalue weighted by atomic mass is 9.94. The summed E-state index contributed by atoms with van der Waals surface area (Å²) in [7, 11) is 0. The van der Waals surface area contributed by atoms with Crippen LogP contribution in [0.2, 0.25) is 0 Å².